The number of unbranched alkanes of at least 4 members (excludes halogenated alkanes) is 15. The van der Waals surface area contributed by atoms with Gasteiger partial charge in [0.25, 0.3) is 6.29 Å². The number of aliphatic carboxylic acids is 1. The van der Waals surface area contributed by atoms with Crippen molar-refractivity contribution in [2.24, 2.45) is 0 Å². The Hall–Kier alpha value is -5.61. The van der Waals surface area contributed by atoms with E-state index in [2.05, 4.69) is 196 Å². The summed E-state index contributed by atoms with van der Waals surface area (Å²) in [7, 11) is 5.95. The van der Waals surface area contributed by atoms with Crippen molar-refractivity contribution in [3.05, 3.63) is 182 Å². The summed E-state index contributed by atoms with van der Waals surface area (Å²) in [6.07, 6.45) is 98.4. The minimum atomic E-state index is -1.53. The molecular formula is C78H124NO8+. The molecule has 0 saturated carbocycles. The quantitative estimate of drug-likeness (QED) is 0.0211. The Morgan fingerprint density at radius 1 is 0.345 bits per heavy atom. The summed E-state index contributed by atoms with van der Waals surface area (Å²) < 4.78 is 22.9. The van der Waals surface area contributed by atoms with Crippen molar-refractivity contribution in [2.75, 3.05) is 47.5 Å². The number of quaternary nitrogens is 1. The van der Waals surface area contributed by atoms with E-state index in [1.165, 1.54) is 44.9 Å². The van der Waals surface area contributed by atoms with Crippen molar-refractivity contribution in [2.45, 2.75) is 245 Å². The lowest BCUT2D eigenvalue weighted by molar-refractivity contribution is -0.870. The lowest BCUT2D eigenvalue weighted by atomic mass is 10.0. The monoisotopic (exact) mass is 1200 g/mol. The van der Waals surface area contributed by atoms with Gasteiger partial charge in [-0.15, -0.1) is 0 Å². The first-order chi connectivity index (χ1) is 42.6. The molecule has 0 fully saturated rings. The minimum absolute atomic E-state index is 0.171. The smallest absolute Gasteiger partial charge is 0.361 e. The number of carboxylic acids is 1. The molecule has 9 heteroatoms. The van der Waals surface area contributed by atoms with Crippen LogP contribution in [0.5, 0.6) is 0 Å². The number of nitrogens with zero attached hydrogens (tertiary/aromatic N) is 1. The fourth-order valence-corrected chi connectivity index (χ4v) is 8.54. The molecule has 9 nitrogen and oxygen atoms in total. The topological polar surface area (TPSA) is 108 Å². The largest absolute Gasteiger partial charge is 0.477 e. The molecule has 2 unspecified atom stereocenters. The van der Waals surface area contributed by atoms with Gasteiger partial charge in [-0.25, -0.2) is 4.79 Å². The third-order valence-electron chi connectivity index (χ3n) is 13.7. The van der Waals surface area contributed by atoms with Crippen LogP contribution >= 0.6 is 0 Å². The summed E-state index contributed by atoms with van der Waals surface area (Å²) in [6, 6.07) is 0. The molecule has 0 bridgehead atoms. The van der Waals surface area contributed by atoms with E-state index in [1.807, 2.05) is 21.1 Å². The lowest BCUT2D eigenvalue weighted by Gasteiger charge is -2.25. The third kappa shape index (κ3) is 67.8. The number of carbonyl (C=O) groups excluding carboxylic acids is 2. The summed E-state index contributed by atoms with van der Waals surface area (Å²) in [4.78, 5) is 37.6. The van der Waals surface area contributed by atoms with Gasteiger partial charge in [0.1, 0.15) is 13.2 Å². The zero-order chi connectivity index (χ0) is 63.3. The molecule has 0 heterocycles. The van der Waals surface area contributed by atoms with Gasteiger partial charge in [0.15, 0.2) is 6.10 Å². The summed E-state index contributed by atoms with van der Waals surface area (Å²) in [5, 5.41) is 9.74. The van der Waals surface area contributed by atoms with Crippen LogP contribution in [0.25, 0.3) is 0 Å². The number of ether oxygens (including phenoxy) is 4. The van der Waals surface area contributed by atoms with Crippen molar-refractivity contribution < 1.29 is 42.9 Å². The van der Waals surface area contributed by atoms with Gasteiger partial charge in [0, 0.05) is 12.8 Å². The molecule has 0 aromatic carbocycles. The van der Waals surface area contributed by atoms with Gasteiger partial charge in [-0.1, -0.05) is 267 Å². The number of hydrogen-bond donors (Lipinski definition) is 1. The highest BCUT2D eigenvalue weighted by Crippen LogP contribution is 2.15. The molecular weight excluding hydrogens is 1080 g/mol. The van der Waals surface area contributed by atoms with Gasteiger partial charge < -0.3 is 28.5 Å². The number of allylic oxidation sites excluding steroid dienone is 30. The summed E-state index contributed by atoms with van der Waals surface area (Å²) >= 11 is 0. The van der Waals surface area contributed by atoms with Crippen molar-refractivity contribution in [3.63, 3.8) is 0 Å². The number of esters is 2. The molecule has 0 aromatic heterocycles. The zero-order valence-corrected chi connectivity index (χ0v) is 55.6. The van der Waals surface area contributed by atoms with Gasteiger partial charge >= 0.3 is 17.9 Å². The van der Waals surface area contributed by atoms with E-state index < -0.39 is 24.3 Å². The highest BCUT2D eigenvalue weighted by molar-refractivity contribution is 5.71. The maximum Gasteiger partial charge on any atom is 0.361 e. The number of carbonyl (C=O) groups is 3. The molecule has 488 valence electrons. The van der Waals surface area contributed by atoms with E-state index in [9.17, 15) is 19.5 Å². The minimum Gasteiger partial charge on any atom is -0.477 e. The molecule has 0 aliphatic heterocycles. The predicted octanol–water partition coefficient (Wildman–Crippen LogP) is 21.2. The number of carboxylic acid groups (broad SMARTS) is 1. The first-order valence-electron chi connectivity index (χ1n) is 33.9. The van der Waals surface area contributed by atoms with Gasteiger partial charge in [-0.2, -0.15) is 0 Å². The standard InChI is InChI=1S/C78H123NO8/c1-6-8-10-12-14-16-18-20-22-24-26-28-30-32-34-36-37-38-39-41-42-44-46-48-50-52-54-56-58-60-62-64-66-68-75(80)85-72-74(73-86-78(77(82)83)84-71-70-79(3,4)5)87-76(81)69-67-65-63-61-59-57-55-53-51-49-47-45-43-40-35-33-31-29-27-25-23-21-19-17-15-13-11-9-7-2/h8-11,14-17,20-23,26-29,32-35,37-38,41-43,45,49,51,55,57,74,78H,6-7,12-13,18-19,24-25,30-31,36,39-40,44,46-48,50,52-54,56,58-73H2,1-5H3/p+1/b10-8-,11-9-,16-14-,17-15-,22-20-,23-21-,28-26-,29-27-,34-32-,35-33-,38-37-,42-41-,45-43-,51-49-,57-55-. The molecule has 0 rings (SSSR count). The van der Waals surface area contributed by atoms with Gasteiger partial charge in [-0.05, 0) is 135 Å². The van der Waals surface area contributed by atoms with Crippen LogP contribution in [-0.4, -0.2) is 87.4 Å². The van der Waals surface area contributed by atoms with E-state index in [-0.39, 0.29) is 38.6 Å². The van der Waals surface area contributed by atoms with Crippen molar-refractivity contribution in [3.8, 4) is 0 Å². The highest BCUT2D eigenvalue weighted by Gasteiger charge is 2.25. The Bertz CT molecular complexity index is 2080. The second-order valence-electron chi connectivity index (χ2n) is 23.0. The van der Waals surface area contributed by atoms with Crippen molar-refractivity contribution in [1.82, 2.24) is 0 Å². The second-order valence-corrected chi connectivity index (χ2v) is 23.0. The molecule has 0 aromatic rings. The molecule has 0 radical (unpaired) electrons. The molecule has 2 atom stereocenters. The second kappa shape index (κ2) is 66.3. The Morgan fingerprint density at radius 3 is 0.920 bits per heavy atom. The van der Waals surface area contributed by atoms with Crippen molar-refractivity contribution >= 4 is 17.9 Å². The Balaban J connectivity index is 4.27. The molecule has 0 spiro atoms. The van der Waals surface area contributed by atoms with Gasteiger partial charge in [-0.3, -0.25) is 9.59 Å². The van der Waals surface area contributed by atoms with E-state index in [1.54, 1.807) is 0 Å². The fraction of sp³-hybridized carbons (Fsp3) is 0.577. The van der Waals surface area contributed by atoms with Crippen LogP contribution in [0.3, 0.4) is 0 Å². The maximum absolute atomic E-state index is 12.9. The highest BCUT2D eigenvalue weighted by atomic mass is 16.7. The number of rotatable bonds is 60. The van der Waals surface area contributed by atoms with Crippen LogP contribution in [0, 0.1) is 0 Å². The van der Waals surface area contributed by atoms with Crippen LogP contribution in [-0.2, 0) is 33.3 Å². The molecule has 87 heavy (non-hydrogen) atoms. The van der Waals surface area contributed by atoms with Gasteiger partial charge in [0.05, 0.1) is 34.4 Å². The SMILES string of the molecule is CC/C=C\C/C=C\C/C=C\C/C=C\C/C=C\C/C=C\C/C=C\C/C=C\CCCCCCC(=O)OC(COC(=O)CCCCCCCCCCCCC/C=C\C/C=C\C/C=C\C/C=C\C/C=C\C/C=C\C/C=C\CC)COC(OCC[N+](C)(C)C)C(=O)O. The molecule has 1 N–H and O–H groups in total. The summed E-state index contributed by atoms with van der Waals surface area (Å²) in [6.45, 7) is 4.59. The van der Waals surface area contributed by atoms with Crippen LogP contribution in [0.1, 0.15) is 232 Å². The Morgan fingerprint density at radius 2 is 0.621 bits per heavy atom. The third-order valence-corrected chi connectivity index (χ3v) is 13.7. The van der Waals surface area contributed by atoms with Crippen LogP contribution in [0.15, 0.2) is 182 Å². The van der Waals surface area contributed by atoms with E-state index in [0.717, 1.165) is 154 Å². The fourth-order valence-electron chi connectivity index (χ4n) is 8.54. The van der Waals surface area contributed by atoms with Crippen LogP contribution < -0.4 is 0 Å². The average molecular weight is 1200 g/mol. The van der Waals surface area contributed by atoms with Crippen LogP contribution in [0.2, 0.25) is 0 Å². The zero-order valence-electron chi connectivity index (χ0n) is 55.6. The van der Waals surface area contributed by atoms with E-state index in [0.29, 0.717) is 17.4 Å². The number of likely N-dealkylation sites (N-methyl/N-ethyl adjacent to an activating group) is 1. The average Bonchev–Trinajstić information content (AvgIpc) is 3.57. The van der Waals surface area contributed by atoms with Gasteiger partial charge in [0.2, 0.25) is 0 Å². The first kappa shape index (κ1) is 81.4. The Labute approximate surface area is 532 Å². The Kier molecular flexibility index (Phi) is 62.1. The van der Waals surface area contributed by atoms with E-state index in [4.69, 9.17) is 18.9 Å². The first-order valence-corrected chi connectivity index (χ1v) is 33.9. The molecule has 0 aliphatic rings. The molecule has 0 aliphatic carbocycles. The molecule has 0 saturated heterocycles. The van der Waals surface area contributed by atoms with Crippen molar-refractivity contribution in [1.29, 1.82) is 0 Å². The van der Waals surface area contributed by atoms with Crippen LogP contribution in [0.4, 0.5) is 0 Å². The predicted molar refractivity (Wildman–Crippen MR) is 372 cm³/mol. The summed E-state index contributed by atoms with van der Waals surface area (Å²) in [5.41, 5.74) is 0. The normalized spacial score (nSPS) is 13.9. The molecule has 0 amide bonds. The maximum atomic E-state index is 12.9. The lowest BCUT2D eigenvalue weighted by Crippen LogP contribution is -2.40. The van der Waals surface area contributed by atoms with E-state index >= 15 is 0 Å². The number of hydrogen-bond acceptors (Lipinski definition) is 7. The summed E-state index contributed by atoms with van der Waals surface area (Å²) in [5.74, 6) is -2.06.